The second kappa shape index (κ2) is 6.84. The first kappa shape index (κ1) is 17.7. The van der Waals surface area contributed by atoms with Crippen LogP contribution in [-0.2, 0) is 0 Å². The van der Waals surface area contributed by atoms with Crippen molar-refractivity contribution in [1.29, 1.82) is 0 Å². The number of phenols is 1. The van der Waals surface area contributed by atoms with Gasteiger partial charge in [-0.05, 0) is 43.2 Å². The minimum absolute atomic E-state index is 0.0526. The van der Waals surface area contributed by atoms with Crippen LogP contribution in [0.5, 0.6) is 5.75 Å². The third kappa shape index (κ3) is 3.46. The summed E-state index contributed by atoms with van der Waals surface area (Å²) in [5, 5.41) is 13.9. The van der Waals surface area contributed by atoms with E-state index in [1.165, 1.54) is 6.07 Å². The van der Waals surface area contributed by atoms with E-state index in [1.807, 2.05) is 5.32 Å². The molecule has 5 nitrogen and oxygen atoms in total. The fourth-order valence-corrected chi connectivity index (χ4v) is 2.28. The van der Waals surface area contributed by atoms with E-state index in [2.05, 4.69) is 5.32 Å². The van der Waals surface area contributed by atoms with Crippen molar-refractivity contribution in [3.8, 4) is 5.75 Å². The Balaban J connectivity index is 2.19. The molecule has 126 valence electrons. The van der Waals surface area contributed by atoms with Gasteiger partial charge in [-0.3, -0.25) is 10.1 Å². The molecule has 0 spiro atoms. The van der Waals surface area contributed by atoms with Crippen LogP contribution < -0.4 is 10.6 Å². The zero-order valence-electron chi connectivity index (χ0n) is 12.7. The van der Waals surface area contributed by atoms with E-state index in [9.17, 15) is 23.5 Å². The van der Waals surface area contributed by atoms with Gasteiger partial charge in [0.15, 0.2) is 0 Å². The Bertz CT molecular complexity index is 820. The number of nitrogens with one attached hydrogen (secondary N) is 2. The summed E-state index contributed by atoms with van der Waals surface area (Å²) >= 11 is 5.93. The van der Waals surface area contributed by atoms with Crippen LogP contribution in [0.2, 0.25) is 5.02 Å². The summed E-state index contributed by atoms with van der Waals surface area (Å²) in [6.07, 6.45) is 0. The molecular formula is C16H13ClF2N2O3. The smallest absolute Gasteiger partial charge is 0.326 e. The monoisotopic (exact) mass is 354 g/mol. The number of amides is 3. The van der Waals surface area contributed by atoms with Gasteiger partial charge in [-0.2, -0.15) is 0 Å². The standard InChI is InChI=1S/C16H13ClF2N2O3/c1-7-6-11(8(2)13(17)14(7)22)20-16(24)21-15(23)12-9(18)4-3-5-10(12)19/h3-6,22H,1-2H3,(H2,20,21,23,24). The highest BCUT2D eigenvalue weighted by Gasteiger charge is 2.20. The maximum atomic E-state index is 13.5. The van der Waals surface area contributed by atoms with Crippen LogP contribution in [0.3, 0.4) is 0 Å². The molecule has 0 aromatic heterocycles. The van der Waals surface area contributed by atoms with Crippen LogP contribution in [0.4, 0.5) is 19.3 Å². The van der Waals surface area contributed by atoms with Crippen molar-refractivity contribution >= 4 is 29.2 Å². The van der Waals surface area contributed by atoms with E-state index >= 15 is 0 Å². The molecule has 3 amide bonds. The zero-order chi connectivity index (χ0) is 18.0. The van der Waals surface area contributed by atoms with Crippen molar-refractivity contribution < 1.29 is 23.5 Å². The van der Waals surface area contributed by atoms with Crippen LogP contribution in [0.25, 0.3) is 0 Å². The Morgan fingerprint density at radius 3 is 2.33 bits per heavy atom. The fourth-order valence-electron chi connectivity index (χ4n) is 2.03. The summed E-state index contributed by atoms with van der Waals surface area (Å²) in [6, 6.07) is 3.37. The van der Waals surface area contributed by atoms with Crippen LogP contribution in [0.1, 0.15) is 21.5 Å². The number of carbonyl (C=O) groups is 2. The van der Waals surface area contributed by atoms with Crippen molar-refractivity contribution in [3.05, 3.63) is 57.6 Å². The molecule has 0 atom stereocenters. The van der Waals surface area contributed by atoms with Crippen molar-refractivity contribution in [1.82, 2.24) is 5.32 Å². The van der Waals surface area contributed by atoms with Gasteiger partial charge in [0.1, 0.15) is 22.9 Å². The molecule has 0 fully saturated rings. The van der Waals surface area contributed by atoms with E-state index in [1.54, 1.807) is 13.8 Å². The predicted molar refractivity (Wildman–Crippen MR) is 85.4 cm³/mol. The minimum Gasteiger partial charge on any atom is -0.506 e. The Labute approximate surface area is 141 Å². The van der Waals surface area contributed by atoms with Crippen LogP contribution in [-0.4, -0.2) is 17.0 Å². The number of benzene rings is 2. The van der Waals surface area contributed by atoms with Crippen LogP contribution >= 0.6 is 11.6 Å². The topological polar surface area (TPSA) is 78.4 Å². The summed E-state index contributed by atoms with van der Waals surface area (Å²) in [5.74, 6) is -3.51. The molecule has 0 aliphatic heterocycles. The number of halogens is 3. The van der Waals surface area contributed by atoms with Gasteiger partial charge in [0.2, 0.25) is 0 Å². The minimum atomic E-state index is -1.22. The molecule has 24 heavy (non-hydrogen) atoms. The van der Waals surface area contributed by atoms with Gasteiger partial charge in [0, 0.05) is 5.69 Å². The number of hydrogen-bond donors (Lipinski definition) is 3. The first-order valence-electron chi connectivity index (χ1n) is 6.77. The first-order valence-corrected chi connectivity index (χ1v) is 7.15. The number of aromatic hydroxyl groups is 1. The Morgan fingerprint density at radius 2 is 1.75 bits per heavy atom. The molecular weight excluding hydrogens is 342 g/mol. The van der Waals surface area contributed by atoms with Crippen LogP contribution in [0.15, 0.2) is 24.3 Å². The molecule has 0 bridgehead atoms. The third-order valence-electron chi connectivity index (χ3n) is 3.34. The van der Waals surface area contributed by atoms with Gasteiger partial charge in [-0.25, -0.2) is 13.6 Å². The van der Waals surface area contributed by atoms with Crippen molar-refractivity contribution in [2.45, 2.75) is 13.8 Å². The van der Waals surface area contributed by atoms with Crippen molar-refractivity contribution in [2.75, 3.05) is 5.32 Å². The Hall–Kier alpha value is -2.67. The first-order chi connectivity index (χ1) is 11.2. The lowest BCUT2D eigenvalue weighted by molar-refractivity contribution is 0.0959. The van der Waals surface area contributed by atoms with Gasteiger partial charge in [0.25, 0.3) is 5.91 Å². The Morgan fingerprint density at radius 1 is 1.17 bits per heavy atom. The number of imide groups is 1. The third-order valence-corrected chi connectivity index (χ3v) is 3.80. The molecule has 0 aliphatic rings. The van der Waals surface area contributed by atoms with E-state index < -0.39 is 29.1 Å². The Kier molecular flexibility index (Phi) is 5.04. The molecule has 2 rings (SSSR count). The second-order valence-corrected chi connectivity index (χ2v) is 5.41. The number of phenolic OH excluding ortho intramolecular Hbond substituents is 1. The van der Waals surface area contributed by atoms with Gasteiger partial charge >= 0.3 is 6.03 Å². The molecule has 2 aromatic carbocycles. The SMILES string of the molecule is Cc1cc(NC(=O)NC(=O)c2c(F)cccc2F)c(C)c(Cl)c1O. The average molecular weight is 355 g/mol. The molecule has 0 aliphatic carbocycles. The molecule has 0 saturated carbocycles. The molecule has 0 radical (unpaired) electrons. The summed E-state index contributed by atoms with van der Waals surface area (Å²) in [4.78, 5) is 23.7. The van der Waals surface area contributed by atoms with Gasteiger partial charge in [-0.1, -0.05) is 17.7 Å². The fraction of sp³-hybridized carbons (Fsp3) is 0.125. The summed E-state index contributed by atoms with van der Waals surface area (Å²) in [6.45, 7) is 3.12. The van der Waals surface area contributed by atoms with Gasteiger partial charge in [0.05, 0.1) is 5.02 Å². The van der Waals surface area contributed by atoms with Gasteiger partial charge < -0.3 is 10.4 Å². The lowest BCUT2D eigenvalue weighted by atomic mass is 10.1. The molecule has 0 unspecified atom stereocenters. The maximum Gasteiger partial charge on any atom is 0.326 e. The highest BCUT2D eigenvalue weighted by molar-refractivity contribution is 6.33. The number of carbonyl (C=O) groups excluding carboxylic acids is 2. The van der Waals surface area contributed by atoms with E-state index in [4.69, 9.17) is 11.6 Å². The number of anilines is 1. The second-order valence-electron chi connectivity index (χ2n) is 5.03. The molecule has 0 heterocycles. The number of urea groups is 1. The molecule has 2 aromatic rings. The average Bonchev–Trinajstić information content (AvgIpc) is 2.50. The van der Waals surface area contributed by atoms with E-state index in [0.717, 1.165) is 18.2 Å². The largest absolute Gasteiger partial charge is 0.506 e. The highest BCUT2D eigenvalue weighted by Crippen LogP contribution is 2.35. The quantitative estimate of drug-likeness (QED) is 0.716. The summed E-state index contributed by atoms with van der Waals surface area (Å²) in [7, 11) is 0. The number of rotatable bonds is 2. The molecule has 8 heteroatoms. The highest BCUT2D eigenvalue weighted by atomic mass is 35.5. The lowest BCUT2D eigenvalue weighted by Gasteiger charge is -2.13. The predicted octanol–water partition coefficient (Wildman–Crippen LogP) is 3.90. The van der Waals surface area contributed by atoms with E-state index in [0.29, 0.717) is 11.1 Å². The lowest BCUT2D eigenvalue weighted by Crippen LogP contribution is -2.35. The number of hydrogen-bond acceptors (Lipinski definition) is 3. The van der Waals surface area contributed by atoms with Crippen molar-refractivity contribution in [3.63, 3.8) is 0 Å². The normalized spacial score (nSPS) is 10.4. The summed E-state index contributed by atoms with van der Waals surface area (Å²) < 4.78 is 27.0. The summed E-state index contributed by atoms with van der Waals surface area (Å²) in [5.41, 5.74) is 0.172. The van der Waals surface area contributed by atoms with Gasteiger partial charge in [-0.15, -0.1) is 0 Å². The van der Waals surface area contributed by atoms with Crippen molar-refractivity contribution in [2.24, 2.45) is 0 Å². The molecule has 0 saturated heterocycles. The van der Waals surface area contributed by atoms with E-state index in [-0.39, 0.29) is 16.5 Å². The number of aryl methyl sites for hydroxylation is 1. The van der Waals surface area contributed by atoms with Crippen LogP contribution in [0, 0.1) is 25.5 Å². The maximum absolute atomic E-state index is 13.5. The molecule has 3 N–H and O–H groups in total. The zero-order valence-corrected chi connectivity index (χ0v) is 13.5.